The van der Waals surface area contributed by atoms with Crippen LogP contribution in [0.5, 0.6) is 23.0 Å². The molecule has 0 aliphatic heterocycles. The number of methoxy groups -OCH3 is 2. The highest BCUT2D eigenvalue weighted by molar-refractivity contribution is 5.95. The van der Waals surface area contributed by atoms with E-state index in [1.807, 2.05) is 0 Å². The van der Waals surface area contributed by atoms with Crippen LogP contribution in [0.15, 0.2) is 71.8 Å². The van der Waals surface area contributed by atoms with Crippen molar-refractivity contribution in [2.45, 2.75) is 0 Å². The van der Waals surface area contributed by atoms with Crippen molar-refractivity contribution in [1.82, 2.24) is 5.43 Å². The maximum atomic E-state index is 12.1. The summed E-state index contributed by atoms with van der Waals surface area (Å²) >= 11 is 0. The number of nitro groups is 1. The number of nitrogens with zero attached hydrogens (tertiary/aromatic N) is 2. The molecular weight excluding hydrogens is 402 g/mol. The van der Waals surface area contributed by atoms with Gasteiger partial charge in [0.25, 0.3) is 5.91 Å². The van der Waals surface area contributed by atoms with Crippen LogP contribution in [-0.2, 0) is 0 Å². The predicted molar refractivity (Wildman–Crippen MR) is 114 cm³/mol. The first-order chi connectivity index (χ1) is 15.0. The van der Waals surface area contributed by atoms with E-state index in [0.717, 1.165) is 0 Å². The van der Waals surface area contributed by atoms with Crippen LogP contribution >= 0.6 is 0 Å². The average molecular weight is 421 g/mol. The molecule has 0 heterocycles. The second kappa shape index (κ2) is 9.88. The van der Waals surface area contributed by atoms with Gasteiger partial charge in [0.2, 0.25) is 5.75 Å². The minimum atomic E-state index is -0.520. The van der Waals surface area contributed by atoms with Gasteiger partial charge < -0.3 is 14.2 Å². The maximum Gasteiger partial charge on any atom is 0.311 e. The normalized spacial score (nSPS) is 10.5. The molecule has 3 aromatic rings. The van der Waals surface area contributed by atoms with Crippen LogP contribution in [0.2, 0.25) is 0 Å². The lowest BCUT2D eigenvalue weighted by Crippen LogP contribution is -2.17. The van der Waals surface area contributed by atoms with E-state index < -0.39 is 4.92 Å². The molecule has 158 valence electrons. The molecule has 0 saturated carbocycles. The number of nitro benzene ring substituents is 1. The quantitative estimate of drug-likeness (QED) is 0.332. The Hall–Kier alpha value is -4.40. The number of hydrogen-bond acceptors (Lipinski definition) is 7. The zero-order valence-corrected chi connectivity index (χ0v) is 16.8. The summed E-state index contributed by atoms with van der Waals surface area (Å²) in [6, 6.07) is 17.6. The van der Waals surface area contributed by atoms with Gasteiger partial charge in [0.1, 0.15) is 5.75 Å². The SMILES string of the molecule is COc1ccc(C(=O)N/N=C\c2ccc(Oc3ccccc3[N+](=O)[O-])c(OC)c2)cc1. The highest BCUT2D eigenvalue weighted by Crippen LogP contribution is 2.36. The molecule has 3 rings (SSSR count). The third kappa shape index (κ3) is 5.36. The van der Waals surface area contributed by atoms with E-state index in [1.54, 1.807) is 61.7 Å². The molecule has 0 aliphatic rings. The molecule has 1 amide bonds. The average Bonchev–Trinajstić information content (AvgIpc) is 2.80. The summed E-state index contributed by atoms with van der Waals surface area (Å²) in [5.74, 6) is 1.02. The van der Waals surface area contributed by atoms with Gasteiger partial charge in [0.05, 0.1) is 25.4 Å². The van der Waals surface area contributed by atoms with Crippen molar-refractivity contribution < 1.29 is 23.9 Å². The number of ether oxygens (including phenoxy) is 3. The summed E-state index contributed by atoms with van der Waals surface area (Å²) < 4.78 is 16.1. The Morgan fingerprint density at radius 3 is 2.39 bits per heavy atom. The number of carbonyl (C=O) groups is 1. The van der Waals surface area contributed by atoms with E-state index in [0.29, 0.717) is 28.4 Å². The molecule has 0 aromatic heterocycles. The van der Waals surface area contributed by atoms with E-state index in [2.05, 4.69) is 10.5 Å². The van der Waals surface area contributed by atoms with Gasteiger partial charge in [-0.2, -0.15) is 5.10 Å². The van der Waals surface area contributed by atoms with Gasteiger partial charge in [-0.25, -0.2) is 5.43 Å². The Morgan fingerprint density at radius 1 is 0.968 bits per heavy atom. The van der Waals surface area contributed by atoms with Crippen LogP contribution in [0.4, 0.5) is 5.69 Å². The number of para-hydroxylation sites is 2. The third-order valence-electron chi connectivity index (χ3n) is 4.20. The number of rotatable bonds is 8. The summed E-state index contributed by atoms with van der Waals surface area (Å²) in [5.41, 5.74) is 3.34. The number of benzene rings is 3. The highest BCUT2D eigenvalue weighted by Gasteiger charge is 2.16. The highest BCUT2D eigenvalue weighted by atomic mass is 16.6. The van der Waals surface area contributed by atoms with Crippen LogP contribution in [0.25, 0.3) is 0 Å². The Morgan fingerprint density at radius 2 is 1.71 bits per heavy atom. The van der Waals surface area contributed by atoms with Gasteiger partial charge in [-0.1, -0.05) is 12.1 Å². The Labute approximate surface area is 178 Å². The van der Waals surface area contributed by atoms with Gasteiger partial charge in [-0.3, -0.25) is 14.9 Å². The first-order valence-corrected chi connectivity index (χ1v) is 9.08. The predicted octanol–water partition coefficient (Wildman–Crippen LogP) is 4.17. The van der Waals surface area contributed by atoms with E-state index in [4.69, 9.17) is 14.2 Å². The fraction of sp³-hybridized carbons (Fsp3) is 0.0909. The van der Waals surface area contributed by atoms with Gasteiger partial charge in [-0.05, 0) is 54.1 Å². The lowest BCUT2D eigenvalue weighted by atomic mass is 10.2. The molecule has 0 bridgehead atoms. The molecule has 0 fully saturated rings. The summed E-state index contributed by atoms with van der Waals surface area (Å²) in [5, 5.41) is 15.1. The molecule has 0 aliphatic carbocycles. The van der Waals surface area contributed by atoms with Crippen LogP contribution in [0.3, 0.4) is 0 Å². The van der Waals surface area contributed by atoms with Crippen molar-refractivity contribution in [3.05, 3.63) is 88.0 Å². The molecular formula is C22H19N3O6. The fourth-order valence-corrected chi connectivity index (χ4v) is 2.63. The van der Waals surface area contributed by atoms with Crippen LogP contribution in [0, 0.1) is 10.1 Å². The molecule has 0 radical (unpaired) electrons. The number of hydrogen-bond donors (Lipinski definition) is 1. The minimum absolute atomic E-state index is 0.0963. The van der Waals surface area contributed by atoms with Gasteiger partial charge >= 0.3 is 5.69 Å². The van der Waals surface area contributed by atoms with Crippen LogP contribution in [0.1, 0.15) is 15.9 Å². The van der Waals surface area contributed by atoms with E-state index in [-0.39, 0.29) is 17.3 Å². The first-order valence-electron chi connectivity index (χ1n) is 9.08. The monoisotopic (exact) mass is 421 g/mol. The Kier molecular flexibility index (Phi) is 6.79. The first kappa shape index (κ1) is 21.3. The van der Waals surface area contributed by atoms with Crippen molar-refractivity contribution in [2.24, 2.45) is 5.10 Å². The minimum Gasteiger partial charge on any atom is -0.497 e. The molecule has 9 nitrogen and oxygen atoms in total. The van der Waals surface area contributed by atoms with Crippen LogP contribution in [-0.4, -0.2) is 31.3 Å². The second-order valence-corrected chi connectivity index (χ2v) is 6.16. The van der Waals surface area contributed by atoms with E-state index in [1.165, 1.54) is 25.5 Å². The van der Waals surface area contributed by atoms with Crippen molar-refractivity contribution in [3.63, 3.8) is 0 Å². The molecule has 0 unspecified atom stereocenters. The molecule has 31 heavy (non-hydrogen) atoms. The molecule has 0 atom stereocenters. The summed E-state index contributed by atoms with van der Waals surface area (Å²) in [4.78, 5) is 22.8. The van der Waals surface area contributed by atoms with Gasteiger partial charge in [-0.15, -0.1) is 0 Å². The van der Waals surface area contributed by atoms with E-state index in [9.17, 15) is 14.9 Å². The standard InChI is InChI=1S/C22H19N3O6/c1-29-17-10-8-16(9-11-17)22(26)24-23-14-15-7-12-20(21(13-15)30-2)31-19-6-4-3-5-18(19)25(27)28/h3-14H,1-2H3,(H,24,26)/b23-14-. The molecule has 0 spiro atoms. The summed E-state index contributed by atoms with van der Waals surface area (Å²) in [7, 11) is 3.00. The molecule has 9 heteroatoms. The zero-order valence-electron chi connectivity index (χ0n) is 16.8. The smallest absolute Gasteiger partial charge is 0.311 e. The third-order valence-corrected chi connectivity index (χ3v) is 4.20. The number of carbonyl (C=O) groups excluding carboxylic acids is 1. The van der Waals surface area contributed by atoms with Crippen molar-refractivity contribution in [1.29, 1.82) is 0 Å². The largest absolute Gasteiger partial charge is 0.497 e. The van der Waals surface area contributed by atoms with E-state index >= 15 is 0 Å². The van der Waals surface area contributed by atoms with Crippen molar-refractivity contribution >= 4 is 17.8 Å². The Balaban J connectivity index is 1.71. The summed E-state index contributed by atoms with van der Waals surface area (Å²) in [6.45, 7) is 0. The topological polar surface area (TPSA) is 112 Å². The van der Waals surface area contributed by atoms with Gasteiger partial charge in [0, 0.05) is 11.6 Å². The number of amides is 1. The lowest BCUT2D eigenvalue weighted by Gasteiger charge is -2.11. The number of nitrogens with one attached hydrogen (secondary N) is 1. The second-order valence-electron chi connectivity index (χ2n) is 6.16. The molecule has 1 N–H and O–H groups in total. The maximum absolute atomic E-state index is 12.1. The van der Waals surface area contributed by atoms with Gasteiger partial charge in [0.15, 0.2) is 11.5 Å². The summed E-state index contributed by atoms with van der Waals surface area (Å²) in [6.07, 6.45) is 1.44. The lowest BCUT2D eigenvalue weighted by molar-refractivity contribution is -0.385. The number of hydrazone groups is 1. The van der Waals surface area contributed by atoms with Crippen molar-refractivity contribution in [3.8, 4) is 23.0 Å². The fourth-order valence-electron chi connectivity index (χ4n) is 2.63. The zero-order chi connectivity index (χ0) is 22.2. The Bertz CT molecular complexity index is 1110. The molecule has 3 aromatic carbocycles. The van der Waals surface area contributed by atoms with Crippen LogP contribution < -0.4 is 19.6 Å². The molecule has 0 saturated heterocycles. The van der Waals surface area contributed by atoms with Crippen molar-refractivity contribution in [2.75, 3.05) is 14.2 Å².